The Kier molecular flexibility index (Phi) is 7.00. The van der Waals surface area contributed by atoms with Crippen molar-refractivity contribution in [3.05, 3.63) is 42.4 Å². The first-order valence-electron chi connectivity index (χ1n) is 8.30. The van der Waals surface area contributed by atoms with Crippen molar-refractivity contribution in [3.63, 3.8) is 0 Å². The third-order valence-corrected chi connectivity index (χ3v) is 3.66. The average Bonchev–Trinajstić information content (AvgIpc) is 2.67. The fourth-order valence-electron chi connectivity index (χ4n) is 2.22. The SMILES string of the molecule is CCN(CC)C(=O)c1cnc(NCCOc2ccc(OC)cc2)cn1. The molecule has 2 rings (SSSR count). The number of amides is 1. The number of ether oxygens (including phenoxy) is 2. The van der Waals surface area contributed by atoms with Gasteiger partial charge in [0.05, 0.1) is 26.0 Å². The van der Waals surface area contributed by atoms with Crippen molar-refractivity contribution in [3.8, 4) is 11.5 Å². The first kappa shape index (κ1) is 18.5. The Labute approximate surface area is 148 Å². The molecule has 0 bridgehead atoms. The molecule has 1 aromatic carbocycles. The van der Waals surface area contributed by atoms with E-state index in [0.717, 1.165) is 11.5 Å². The largest absolute Gasteiger partial charge is 0.497 e. The number of nitrogens with zero attached hydrogens (tertiary/aromatic N) is 3. The molecular formula is C18H24N4O3. The summed E-state index contributed by atoms with van der Waals surface area (Å²) in [6.07, 6.45) is 3.05. The van der Waals surface area contributed by atoms with Crippen LogP contribution < -0.4 is 14.8 Å². The highest BCUT2D eigenvalue weighted by Crippen LogP contribution is 2.16. The van der Waals surface area contributed by atoms with Gasteiger partial charge in [0.15, 0.2) is 0 Å². The fourth-order valence-corrected chi connectivity index (χ4v) is 2.22. The van der Waals surface area contributed by atoms with Crippen LogP contribution in [-0.2, 0) is 0 Å². The van der Waals surface area contributed by atoms with E-state index in [0.29, 0.717) is 37.8 Å². The van der Waals surface area contributed by atoms with Gasteiger partial charge in [0.2, 0.25) is 0 Å². The topological polar surface area (TPSA) is 76.6 Å². The van der Waals surface area contributed by atoms with Crippen LogP contribution in [0.25, 0.3) is 0 Å². The summed E-state index contributed by atoms with van der Waals surface area (Å²) in [6, 6.07) is 7.40. The molecule has 0 radical (unpaired) electrons. The van der Waals surface area contributed by atoms with Gasteiger partial charge in [0.1, 0.15) is 29.6 Å². The minimum absolute atomic E-state index is 0.105. The van der Waals surface area contributed by atoms with Crippen molar-refractivity contribution < 1.29 is 14.3 Å². The lowest BCUT2D eigenvalue weighted by atomic mass is 10.3. The number of nitrogens with one attached hydrogen (secondary N) is 1. The van der Waals surface area contributed by atoms with E-state index < -0.39 is 0 Å². The lowest BCUT2D eigenvalue weighted by molar-refractivity contribution is 0.0766. The predicted octanol–water partition coefficient (Wildman–Crippen LogP) is 2.46. The second-order valence-corrected chi connectivity index (χ2v) is 5.22. The number of hydrogen-bond donors (Lipinski definition) is 1. The lowest BCUT2D eigenvalue weighted by Gasteiger charge is -2.17. The lowest BCUT2D eigenvalue weighted by Crippen LogP contribution is -2.31. The highest BCUT2D eigenvalue weighted by molar-refractivity contribution is 5.92. The van der Waals surface area contributed by atoms with Crippen molar-refractivity contribution >= 4 is 11.7 Å². The molecule has 0 atom stereocenters. The van der Waals surface area contributed by atoms with Crippen LogP contribution in [0.1, 0.15) is 24.3 Å². The third kappa shape index (κ3) is 5.34. The van der Waals surface area contributed by atoms with E-state index in [1.807, 2.05) is 38.1 Å². The molecule has 0 saturated carbocycles. The minimum Gasteiger partial charge on any atom is -0.497 e. The summed E-state index contributed by atoms with van der Waals surface area (Å²) in [6.45, 7) is 6.23. The molecule has 0 spiro atoms. The molecule has 134 valence electrons. The summed E-state index contributed by atoms with van der Waals surface area (Å²) in [5.74, 6) is 2.07. The smallest absolute Gasteiger partial charge is 0.274 e. The zero-order valence-electron chi connectivity index (χ0n) is 14.9. The second kappa shape index (κ2) is 9.46. The van der Waals surface area contributed by atoms with Gasteiger partial charge in [-0.3, -0.25) is 4.79 Å². The molecule has 1 N–H and O–H groups in total. The highest BCUT2D eigenvalue weighted by Gasteiger charge is 2.14. The quantitative estimate of drug-likeness (QED) is 0.704. The molecule has 0 unspecified atom stereocenters. The Bertz CT molecular complexity index is 655. The van der Waals surface area contributed by atoms with Gasteiger partial charge in [0.25, 0.3) is 5.91 Å². The monoisotopic (exact) mass is 344 g/mol. The molecule has 1 heterocycles. The zero-order valence-corrected chi connectivity index (χ0v) is 14.9. The Morgan fingerprint density at radius 1 is 1.08 bits per heavy atom. The Balaban J connectivity index is 1.78. The Morgan fingerprint density at radius 2 is 1.76 bits per heavy atom. The van der Waals surface area contributed by atoms with Crippen molar-refractivity contribution in [1.82, 2.24) is 14.9 Å². The molecule has 0 aliphatic heterocycles. The van der Waals surface area contributed by atoms with E-state index in [9.17, 15) is 4.79 Å². The highest BCUT2D eigenvalue weighted by atomic mass is 16.5. The number of carbonyl (C=O) groups is 1. The molecule has 1 aromatic heterocycles. The predicted molar refractivity (Wildman–Crippen MR) is 96.3 cm³/mol. The number of benzene rings is 1. The van der Waals surface area contributed by atoms with Gasteiger partial charge in [-0.05, 0) is 38.1 Å². The standard InChI is InChI=1S/C18H24N4O3/c1-4-22(5-2)18(23)16-12-21-17(13-20-16)19-10-11-25-15-8-6-14(24-3)7-9-15/h6-9,12-13H,4-5,10-11H2,1-3H3,(H,19,21). The molecular weight excluding hydrogens is 320 g/mol. The molecule has 0 aliphatic rings. The van der Waals surface area contributed by atoms with Crippen molar-refractivity contribution in [2.75, 3.05) is 38.7 Å². The minimum atomic E-state index is -0.105. The van der Waals surface area contributed by atoms with E-state index in [4.69, 9.17) is 9.47 Å². The van der Waals surface area contributed by atoms with E-state index in [1.54, 1.807) is 18.2 Å². The van der Waals surface area contributed by atoms with Gasteiger partial charge in [-0.2, -0.15) is 0 Å². The fraction of sp³-hybridized carbons (Fsp3) is 0.389. The zero-order chi connectivity index (χ0) is 18.1. The number of anilines is 1. The summed E-state index contributed by atoms with van der Waals surface area (Å²) >= 11 is 0. The second-order valence-electron chi connectivity index (χ2n) is 5.22. The molecule has 1 amide bonds. The van der Waals surface area contributed by atoms with Gasteiger partial charge in [-0.15, -0.1) is 0 Å². The van der Waals surface area contributed by atoms with Crippen LogP contribution in [0.3, 0.4) is 0 Å². The van der Waals surface area contributed by atoms with Crippen LogP contribution in [0.15, 0.2) is 36.7 Å². The number of methoxy groups -OCH3 is 1. The average molecular weight is 344 g/mol. The summed E-state index contributed by atoms with van der Waals surface area (Å²) in [4.78, 5) is 22.3. The number of hydrogen-bond acceptors (Lipinski definition) is 6. The van der Waals surface area contributed by atoms with E-state index in [1.165, 1.54) is 6.20 Å². The van der Waals surface area contributed by atoms with E-state index in [2.05, 4.69) is 15.3 Å². The first-order chi connectivity index (χ1) is 12.2. The molecule has 0 fully saturated rings. The van der Waals surface area contributed by atoms with Crippen LogP contribution in [0, 0.1) is 0 Å². The third-order valence-electron chi connectivity index (χ3n) is 3.66. The molecule has 7 heteroatoms. The van der Waals surface area contributed by atoms with Crippen molar-refractivity contribution in [2.45, 2.75) is 13.8 Å². The normalized spacial score (nSPS) is 10.2. The maximum Gasteiger partial charge on any atom is 0.274 e. The van der Waals surface area contributed by atoms with E-state index in [-0.39, 0.29) is 5.91 Å². The molecule has 2 aromatic rings. The van der Waals surface area contributed by atoms with Crippen LogP contribution in [0.2, 0.25) is 0 Å². The summed E-state index contributed by atoms with van der Waals surface area (Å²) in [5, 5.41) is 3.11. The van der Waals surface area contributed by atoms with Gasteiger partial charge in [-0.1, -0.05) is 0 Å². The molecule has 7 nitrogen and oxygen atoms in total. The summed E-state index contributed by atoms with van der Waals surface area (Å²) < 4.78 is 10.7. The van der Waals surface area contributed by atoms with Crippen LogP contribution in [0.4, 0.5) is 5.82 Å². The Morgan fingerprint density at radius 3 is 2.32 bits per heavy atom. The van der Waals surface area contributed by atoms with Crippen molar-refractivity contribution in [2.24, 2.45) is 0 Å². The maximum atomic E-state index is 12.2. The number of carbonyl (C=O) groups excluding carboxylic acids is 1. The van der Waals surface area contributed by atoms with Gasteiger partial charge in [0, 0.05) is 13.1 Å². The van der Waals surface area contributed by atoms with Crippen LogP contribution in [0.5, 0.6) is 11.5 Å². The number of rotatable bonds is 9. The first-order valence-corrected chi connectivity index (χ1v) is 8.30. The van der Waals surface area contributed by atoms with Gasteiger partial charge >= 0.3 is 0 Å². The van der Waals surface area contributed by atoms with Crippen LogP contribution >= 0.6 is 0 Å². The maximum absolute atomic E-state index is 12.2. The molecule has 0 saturated heterocycles. The summed E-state index contributed by atoms with van der Waals surface area (Å²) in [5.41, 5.74) is 0.351. The summed E-state index contributed by atoms with van der Waals surface area (Å²) in [7, 11) is 1.63. The van der Waals surface area contributed by atoms with E-state index >= 15 is 0 Å². The molecule has 25 heavy (non-hydrogen) atoms. The van der Waals surface area contributed by atoms with Crippen LogP contribution in [-0.4, -0.2) is 54.1 Å². The Hall–Kier alpha value is -2.83. The van der Waals surface area contributed by atoms with Gasteiger partial charge in [-0.25, -0.2) is 9.97 Å². The molecule has 0 aliphatic carbocycles. The number of aromatic nitrogens is 2. The van der Waals surface area contributed by atoms with Gasteiger partial charge < -0.3 is 19.7 Å². The van der Waals surface area contributed by atoms with Crippen molar-refractivity contribution in [1.29, 1.82) is 0 Å².